The molecule has 0 aliphatic carbocycles. The molecule has 7 heteroatoms. The molecule has 0 N–H and O–H groups in total. The number of hydrogen-bond donors (Lipinski definition) is 0. The number of hydrogen-bond acceptors (Lipinski definition) is 5. The van der Waals surface area contributed by atoms with E-state index in [1.165, 1.54) is 30.2 Å². The van der Waals surface area contributed by atoms with Crippen LogP contribution in [0.1, 0.15) is 37.8 Å². The molecule has 1 aromatic heterocycles. The molecule has 0 radical (unpaired) electrons. The van der Waals surface area contributed by atoms with Crippen LogP contribution < -0.4 is 0 Å². The first-order chi connectivity index (χ1) is 14.1. The number of aryl methyl sites for hydroxylation is 1. The maximum Gasteiger partial charge on any atom is 0.235 e. The summed E-state index contributed by atoms with van der Waals surface area (Å²) in [6.45, 7) is 4.66. The highest BCUT2D eigenvalue weighted by molar-refractivity contribution is 8.00. The van der Waals surface area contributed by atoms with E-state index in [9.17, 15) is 4.79 Å². The van der Waals surface area contributed by atoms with Gasteiger partial charge in [-0.2, -0.15) is 4.68 Å². The van der Waals surface area contributed by atoms with Gasteiger partial charge in [-0.25, -0.2) is 0 Å². The van der Waals surface area contributed by atoms with Crippen LogP contribution in [0.5, 0.6) is 0 Å². The normalized spacial score (nSPS) is 12.0. The van der Waals surface area contributed by atoms with Crippen LogP contribution in [0.3, 0.4) is 0 Å². The molecule has 152 valence electrons. The van der Waals surface area contributed by atoms with E-state index in [2.05, 4.69) is 34.6 Å². The lowest BCUT2D eigenvalue weighted by atomic mass is 10.1. The highest BCUT2D eigenvalue weighted by atomic mass is 32.2. The molecule has 1 heterocycles. The number of thioether (sulfide) groups is 1. The van der Waals surface area contributed by atoms with Gasteiger partial charge in [0.2, 0.25) is 11.1 Å². The van der Waals surface area contributed by atoms with E-state index in [1.54, 1.807) is 9.58 Å². The second kappa shape index (κ2) is 10.2. The van der Waals surface area contributed by atoms with Crippen LogP contribution in [0.25, 0.3) is 5.69 Å². The summed E-state index contributed by atoms with van der Waals surface area (Å²) in [4.78, 5) is 14.5. The third-order valence-electron chi connectivity index (χ3n) is 4.71. The van der Waals surface area contributed by atoms with E-state index < -0.39 is 0 Å². The summed E-state index contributed by atoms with van der Waals surface area (Å²) in [5.41, 5.74) is 3.31. The zero-order valence-corrected chi connectivity index (χ0v) is 18.0. The van der Waals surface area contributed by atoms with E-state index in [0.717, 1.165) is 17.7 Å². The molecule has 0 spiro atoms. The Morgan fingerprint density at radius 3 is 2.52 bits per heavy atom. The fourth-order valence-electron chi connectivity index (χ4n) is 3.05. The van der Waals surface area contributed by atoms with Gasteiger partial charge in [-0.15, -0.1) is 5.10 Å². The number of nitrogens with zero attached hydrogens (tertiary/aromatic N) is 5. The summed E-state index contributed by atoms with van der Waals surface area (Å²) in [6.07, 6.45) is 3.44. The topological polar surface area (TPSA) is 63.9 Å². The monoisotopic (exact) mass is 409 g/mol. The molecule has 3 rings (SSSR count). The fraction of sp³-hybridized carbons (Fsp3) is 0.364. The average Bonchev–Trinajstić information content (AvgIpc) is 3.20. The Kier molecular flexibility index (Phi) is 7.41. The van der Waals surface area contributed by atoms with Crippen LogP contribution in [0.4, 0.5) is 0 Å². The maximum atomic E-state index is 12.8. The number of aromatic nitrogens is 4. The second-order valence-corrected chi connectivity index (χ2v) is 8.39. The second-order valence-electron chi connectivity index (χ2n) is 7.08. The maximum absolute atomic E-state index is 12.8. The molecule has 1 atom stereocenters. The van der Waals surface area contributed by atoms with Crippen LogP contribution in [0.15, 0.2) is 59.8 Å². The Hall–Kier alpha value is -2.67. The van der Waals surface area contributed by atoms with Crippen LogP contribution in [-0.2, 0) is 17.8 Å². The number of carbonyl (C=O) groups is 1. The van der Waals surface area contributed by atoms with Gasteiger partial charge in [-0.3, -0.25) is 4.79 Å². The van der Waals surface area contributed by atoms with Crippen LogP contribution in [0, 0.1) is 0 Å². The summed E-state index contributed by atoms with van der Waals surface area (Å²) in [7, 11) is 1.82. The molecule has 0 bridgehead atoms. The van der Waals surface area contributed by atoms with Crippen molar-refractivity contribution in [3.05, 3.63) is 65.7 Å². The lowest BCUT2D eigenvalue weighted by Crippen LogP contribution is -2.32. The molecular formula is C22H27N5OS. The van der Waals surface area contributed by atoms with Crippen molar-refractivity contribution < 1.29 is 4.79 Å². The third-order valence-corrected chi connectivity index (χ3v) is 5.73. The minimum absolute atomic E-state index is 0.0447. The standard InChI is InChI=1S/C22H27N5OS/c1-4-5-9-18-12-14-20(15-13-18)27-22(23-24-25-27)29-17(2)21(28)26(3)16-19-10-7-6-8-11-19/h6-8,10-15,17H,4-5,9,16H2,1-3H3. The minimum atomic E-state index is -0.294. The van der Waals surface area contributed by atoms with Crippen molar-refractivity contribution >= 4 is 17.7 Å². The van der Waals surface area contributed by atoms with Gasteiger partial charge in [0.25, 0.3) is 0 Å². The molecule has 0 saturated heterocycles. The van der Waals surface area contributed by atoms with Gasteiger partial charge in [0, 0.05) is 13.6 Å². The van der Waals surface area contributed by atoms with Crippen LogP contribution in [0.2, 0.25) is 0 Å². The summed E-state index contributed by atoms with van der Waals surface area (Å²) < 4.78 is 1.69. The van der Waals surface area contributed by atoms with E-state index in [-0.39, 0.29) is 11.2 Å². The molecule has 6 nitrogen and oxygen atoms in total. The van der Waals surface area contributed by atoms with E-state index in [4.69, 9.17) is 0 Å². The quantitative estimate of drug-likeness (QED) is 0.497. The molecule has 0 saturated carbocycles. The van der Waals surface area contributed by atoms with Crippen molar-refractivity contribution in [2.75, 3.05) is 7.05 Å². The van der Waals surface area contributed by atoms with Gasteiger partial charge in [0.1, 0.15) is 0 Å². The molecule has 2 aromatic carbocycles. The Morgan fingerprint density at radius 1 is 1.10 bits per heavy atom. The van der Waals surface area contributed by atoms with Gasteiger partial charge in [0.15, 0.2) is 0 Å². The molecule has 0 fully saturated rings. The van der Waals surface area contributed by atoms with Crippen molar-refractivity contribution in [1.82, 2.24) is 25.1 Å². The van der Waals surface area contributed by atoms with Crippen molar-refractivity contribution in [2.24, 2.45) is 0 Å². The van der Waals surface area contributed by atoms with E-state index >= 15 is 0 Å². The van der Waals surface area contributed by atoms with Gasteiger partial charge in [-0.1, -0.05) is 67.6 Å². The van der Waals surface area contributed by atoms with Crippen molar-refractivity contribution in [3.63, 3.8) is 0 Å². The van der Waals surface area contributed by atoms with Crippen molar-refractivity contribution in [1.29, 1.82) is 0 Å². The van der Waals surface area contributed by atoms with Gasteiger partial charge < -0.3 is 4.90 Å². The first-order valence-corrected chi connectivity index (χ1v) is 10.8. The number of amides is 1. The average molecular weight is 410 g/mol. The molecule has 1 amide bonds. The van der Waals surface area contributed by atoms with E-state index in [1.807, 2.05) is 56.4 Å². The fourth-order valence-corrected chi connectivity index (χ4v) is 3.98. The number of tetrazole rings is 1. The molecule has 0 aliphatic heterocycles. The molecule has 1 unspecified atom stereocenters. The Bertz CT molecular complexity index is 910. The van der Waals surface area contributed by atoms with Crippen LogP contribution in [-0.4, -0.2) is 43.3 Å². The molecule has 3 aromatic rings. The Balaban J connectivity index is 1.65. The zero-order chi connectivity index (χ0) is 20.6. The first-order valence-electron chi connectivity index (χ1n) is 9.91. The summed E-state index contributed by atoms with van der Waals surface area (Å²) in [5.74, 6) is 0.0447. The number of rotatable bonds is 9. The van der Waals surface area contributed by atoms with Crippen molar-refractivity contribution in [3.8, 4) is 5.69 Å². The number of carbonyl (C=O) groups excluding carboxylic acids is 1. The molecular weight excluding hydrogens is 382 g/mol. The highest BCUT2D eigenvalue weighted by Gasteiger charge is 2.22. The largest absolute Gasteiger partial charge is 0.340 e. The summed E-state index contributed by atoms with van der Waals surface area (Å²) >= 11 is 1.37. The minimum Gasteiger partial charge on any atom is -0.340 e. The smallest absolute Gasteiger partial charge is 0.235 e. The lowest BCUT2D eigenvalue weighted by Gasteiger charge is -2.21. The first kappa shape index (κ1) is 21.0. The molecule has 0 aliphatic rings. The van der Waals surface area contributed by atoms with Crippen LogP contribution >= 0.6 is 11.8 Å². The van der Waals surface area contributed by atoms with E-state index in [0.29, 0.717) is 11.7 Å². The highest BCUT2D eigenvalue weighted by Crippen LogP contribution is 2.24. The zero-order valence-electron chi connectivity index (χ0n) is 17.2. The predicted octanol–water partition coefficient (Wildman–Crippen LogP) is 4.14. The number of unbranched alkanes of at least 4 members (excludes halogenated alkanes) is 1. The Labute approximate surface area is 176 Å². The SMILES string of the molecule is CCCCc1ccc(-n2nnnc2SC(C)C(=O)N(C)Cc2ccccc2)cc1. The Morgan fingerprint density at radius 2 is 1.83 bits per heavy atom. The lowest BCUT2D eigenvalue weighted by molar-refractivity contribution is -0.129. The molecule has 29 heavy (non-hydrogen) atoms. The van der Waals surface area contributed by atoms with Gasteiger partial charge in [-0.05, 0) is 53.5 Å². The van der Waals surface area contributed by atoms with Crippen molar-refractivity contribution in [2.45, 2.75) is 50.1 Å². The summed E-state index contributed by atoms with van der Waals surface area (Å²) in [5, 5.41) is 12.4. The summed E-state index contributed by atoms with van der Waals surface area (Å²) in [6, 6.07) is 18.3. The van der Waals surface area contributed by atoms with Gasteiger partial charge in [0.05, 0.1) is 10.9 Å². The number of benzene rings is 2. The third kappa shape index (κ3) is 5.67. The predicted molar refractivity (Wildman–Crippen MR) is 116 cm³/mol. The van der Waals surface area contributed by atoms with Gasteiger partial charge >= 0.3 is 0 Å².